The van der Waals surface area contributed by atoms with Crippen molar-refractivity contribution >= 4 is 10.0 Å². The van der Waals surface area contributed by atoms with E-state index in [0.717, 1.165) is 32.5 Å². The Morgan fingerprint density at radius 3 is 2.42 bits per heavy atom. The fourth-order valence-corrected chi connectivity index (χ4v) is 4.94. The summed E-state index contributed by atoms with van der Waals surface area (Å²) in [6, 6.07) is 0.408. The smallest absolute Gasteiger partial charge is 0.211 e. The Kier molecular flexibility index (Phi) is 5.32. The summed E-state index contributed by atoms with van der Waals surface area (Å²) >= 11 is 0. The van der Waals surface area contributed by atoms with Gasteiger partial charge >= 0.3 is 0 Å². The highest BCUT2D eigenvalue weighted by Gasteiger charge is 2.33. The second-order valence-electron chi connectivity index (χ2n) is 7.71. The molecule has 7 heteroatoms. The molecule has 0 N–H and O–H groups in total. The summed E-state index contributed by atoms with van der Waals surface area (Å²) in [4.78, 5) is 2.52. The Balaban J connectivity index is 1.49. The molecular formula is C17H30N4O2S. The number of nitrogens with zero attached hydrogens (tertiary/aromatic N) is 4. The number of hydrogen-bond acceptors (Lipinski definition) is 4. The van der Waals surface area contributed by atoms with Crippen LogP contribution in [0.25, 0.3) is 0 Å². The van der Waals surface area contributed by atoms with Crippen LogP contribution in [0.4, 0.5) is 0 Å². The van der Waals surface area contributed by atoms with E-state index in [9.17, 15) is 8.42 Å². The molecular weight excluding hydrogens is 324 g/mol. The molecule has 2 fully saturated rings. The second kappa shape index (κ2) is 7.14. The Hall–Kier alpha value is -0.920. The van der Waals surface area contributed by atoms with Gasteiger partial charge in [0.1, 0.15) is 0 Å². The first-order valence-electron chi connectivity index (χ1n) is 9.03. The van der Waals surface area contributed by atoms with Crippen LogP contribution in [0.3, 0.4) is 0 Å². The number of sulfonamides is 1. The first-order chi connectivity index (χ1) is 11.3. The molecule has 0 bridgehead atoms. The van der Waals surface area contributed by atoms with E-state index in [2.05, 4.69) is 30.0 Å². The van der Waals surface area contributed by atoms with Crippen molar-refractivity contribution in [1.29, 1.82) is 0 Å². The van der Waals surface area contributed by atoms with Crippen LogP contribution in [-0.2, 0) is 16.6 Å². The number of likely N-dealkylation sites (tertiary alicyclic amines) is 1. The van der Waals surface area contributed by atoms with Gasteiger partial charge in [0.25, 0.3) is 0 Å². The first-order valence-corrected chi connectivity index (χ1v) is 10.9. The lowest BCUT2D eigenvalue weighted by atomic mass is 9.84. The predicted molar refractivity (Wildman–Crippen MR) is 95.1 cm³/mol. The minimum Gasteiger partial charge on any atom is -0.299 e. The third-order valence-corrected chi connectivity index (χ3v) is 6.84. The van der Waals surface area contributed by atoms with Crippen LogP contribution < -0.4 is 0 Å². The van der Waals surface area contributed by atoms with E-state index >= 15 is 0 Å². The second-order valence-corrected chi connectivity index (χ2v) is 9.69. The Morgan fingerprint density at radius 1 is 1.17 bits per heavy atom. The highest BCUT2D eigenvalue weighted by atomic mass is 32.2. The van der Waals surface area contributed by atoms with Gasteiger partial charge in [-0.2, -0.15) is 5.10 Å². The topological polar surface area (TPSA) is 58.4 Å². The highest BCUT2D eigenvalue weighted by Crippen LogP contribution is 2.33. The largest absolute Gasteiger partial charge is 0.299 e. The molecule has 2 aliphatic rings. The molecule has 0 aromatic carbocycles. The summed E-state index contributed by atoms with van der Waals surface area (Å²) in [5.74, 6) is 1.39. The molecule has 1 aromatic heterocycles. The molecule has 2 aliphatic heterocycles. The van der Waals surface area contributed by atoms with E-state index in [-0.39, 0.29) is 0 Å². The molecule has 0 aliphatic carbocycles. The number of piperidine rings is 1. The zero-order valence-corrected chi connectivity index (χ0v) is 15.9. The maximum Gasteiger partial charge on any atom is 0.211 e. The molecule has 1 unspecified atom stereocenters. The Morgan fingerprint density at radius 2 is 1.83 bits per heavy atom. The third-order valence-electron chi connectivity index (χ3n) is 5.53. The molecule has 0 amide bonds. The fraction of sp³-hybridized carbons (Fsp3) is 0.824. The normalized spacial score (nSPS) is 24.9. The fourth-order valence-electron chi connectivity index (χ4n) is 4.07. The van der Waals surface area contributed by atoms with Crippen molar-refractivity contribution in [2.45, 2.75) is 45.7 Å². The maximum atomic E-state index is 11.6. The van der Waals surface area contributed by atoms with E-state index in [1.165, 1.54) is 18.2 Å². The molecule has 24 heavy (non-hydrogen) atoms. The van der Waals surface area contributed by atoms with E-state index in [1.807, 2.05) is 10.9 Å². The summed E-state index contributed by atoms with van der Waals surface area (Å²) in [5.41, 5.74) is 1.29. The van der Waals surface area contributed by atoms with Crippen molar-refractivity contribution in [2.75, 3.05) is 32.4 Å². The summed E-state index contributed by atoms with van der Waals surface area (Å²) in [7, 11) is -3.02. The van der Waals surface area contributed by atoms with Gasteiger partial charge in [-0.15, -0.1) is 0 Å². The van der Waals surface area contributed by atoms with Crippen molar-refractivity contribution in [3.05, 3.63) is 18.0 Å². The zero-order chi connectivity index (χ0) is 17.3. The monoisotopic (exact) mass is 354 g/mol. The average Bonchev–Trinajstić information content (AvgIpc) is 3.16. The minimum absolute atomic E-state index is 0.408. The van der Waals surface area contributed by atoms with Crippen molar-refractivity contribution in [3.63, 3.8) is 0 Å². The van der Waals surface area contributed by atoms with E-state index < -0.39 is 10.0 Å². The van der Waals surface area contributed by atoms with Crippen molar-refractivity contribution in [1.82, 2.24) is 19.0 Å². The Bertz CT molecular complexity index is 647. The van der Waals surface area contributed by atoms with Gasteiger partial charge in [-0.3, -0.25) is 9.58 Å². The van der Waals surface area contributed by atoms with Gasteiger partial charge < -0.3 is 0 Å². The van der Waals surface area contributed by atoms with Crippen molar-refractivity contribution in [2.24, 2.45) is 11.8 Å². The molecule has 2 saturated heterocycles. The van der Waals surface area contributed by atoms with Gasteiger partial charge in [0, 0.05) is 44.0 Å². The first kappa shape index (κ1) is 17.9. The summed E-state index contributed by atoms with van der Waals surface area (Å²) < 4.78 is 26.9. The van der Waals surface area contributed by atoms with Crippen molar-refractivity contribution in [3.8, 4) is 0 Å². The van der Waals surface area contributed by atoms with Gasteiger partial charge in [-0.05, 0) is 51.5 Å². The SMILES string of the molecule is CC(C)n1cc(CN2CCC(C3CCN(S(C)(=O)=O)CC3)C2)cn1. The van der Waals surface area contributed by atoms with Gasteiger partial charge in [0.15, 0.2) is 0 Å². The van der Waals surface area contributed by atoms with Crippen LogP contribution in [0.15, 0.2) is 12.4 Å². The van der Waals surface area contributed by atoms with Gasteiger partial charge in [-0.25, -0.2) is 12.7 Å². The van der Waals surface area contributed by atoms with Crippen LogP contribution in [0.2, 0.25) is 0 Å². The summed E-state index contributed by atoms with van der Waals surface area (Å²) in [5, 5.41) is 4.43. The maximum absolute atomic E-state index is 11.6. The lowest BCUT2D eigenvalue weighted by Crippen LogP contribution is -2.39. The van der Waals surface area contributed by atoms with Gasteiger partial charge in [-0.1, -0.05) is 0 Å². The highest BCUT2D eigenvalue weighted by molar-refractivity contribution is 7.88. The molecule has 6 nitrogen and oxygen atoms in total. The molecule has 3 heterocycles. The van der Waals surface area contributed by atoms with E-state index in [1.54, 1.807) is 4.31 Å². The zero-order valence-electron chi connectivity index (χ0n) is 15.1. The minimum atomic E-state index is -3.02. The molecule has 1 aromatic rings. The van der Waals surface area contributed by atoms with E-state index in [4.69, 9.17) is 0 Å². The molecule has 3 rings (SSSR count). The van der Waals surface area contributed by atoms with Gasteiger partial charge in [0.05, 0.1) is 12.5 Å². The van der Waals surface area contributed by atoms with Crippen LogP contribution in [0, 0.1) is 11.8 Å². The van der Waals surface area contributed by atoms with Crippen LogP contribution >= 0.6 is 0 Å². The lowest BCUT2D eigenvalue weighted by molar-refractivity contribution is 0.202. The van der Waals surface area contributed by atoms with E-state index in [0.29, 0.717) is 31.0 Å². The van der Waals surface area contributed by atoms with Crippen molar-refractivity contribution < 1.29 is 8.42 Å². The standard InChI is InChI=1S/C17H30N4O2S/c1-14(2)21-12-15(10-18-21)11-19-7-4-17(13-19)16-5-8-20(9-6-16)24(3,22)23/h10,12,14,16-17H,4-9,11,13H2,1-3H3. The molecule has 1 atom stereocenters. The van der Waals surface area contributed by atoms with Crippen LogP contribution in [0.5, 0.6) is 0 Å². The average molecular weight is 355 g/mol. The number of hydrogen-bond donors (Lipinski definition) is 0. The Labute approximate surface area is 145 Å². The molecule has 0 spiro atoms. The lowest BCUT2D eigenvalue weighted by Gasteiger charge is -2.33. The number of aromatic nitrogens is 2. The van der Waals surface area contributed by atoms with Crippen LogP contribution in [0.1, 0.15) is 44.7 Å². The summed E-state index contributed by atoms with van der Waals surface area (Å²) in [6.45, 7) is 8.94. The molecule has 136 valence electrons. The molecule has 0 saturated carbocycles. The predicted octanol–water partition coefficient (Wildman–Crippen LogP) is 1.96. The van der Waals surface area contributed by atoms with Gasteiger partial charge in [0.2, 0.25) is 10.0 Å². The number of rotatable bonds is 5. The third kappa shape index (κ3) is 4.18. The summed E-state index contributed by atoms with van der Waals surface area (Å²) in [6.07, 6.45) is 8.72. The quantitative estimate of drug-likeness (QED) is 0.811. The van der Waals surface area contributed by atoms with Crippen LogP contribution in [-0.4, -0.2) is 59.8 Å². The molecule has 0 radical (unpaired) electrons.